The zero-order chi connectivity index (χ0) is 105. The third-order valence-electron chi connectivity index (χ3n) is 35.2. The molecule has 3 aliphatic heterocycles. The van der Waals surface area contributed by atoms with Gasteiger partial charge in [-0.1, -0.05) is 149 Å². The monoisotopic (exact) mass is 2200 g/mol. The van der Waals surface area contributed by atoms with Gasteiger partial charge >= 0.3 is 97.5 Å². The second-order valence-corrected chi connectivity index (χ2v) is 57.9. The first-order valence-corrected chi connectivity index (χ1v) is 65.8. The van der Waals surface area contributed by atoms with Crippen molar-refractivity contribution in [3.63, 3.8) is 0 Å². The minimum absolute atomic E-state index is 0.0465. The standard InChI is InChI=1S/C33H40N2O6.C18H19NO2.2C18H33P.C16H15NO2.C15H21NO4.C7H6.2ClH.Ru/c1-5-22-15-25(26(16-22)19-35-30(36)28-9-7-8-10-29(28)31(35)37)12-11-23-17-24(6-2)27(18-23)20-41-33(39)34-13-14-40-32(38)21(3)4;1-3-12-9-13(4-2)14(10-12)11-19-17(20)15-7-5-6-8-16(15)18(19)21;2*1-4-10-16(11-5-1)19(17-12-6-2-7-13-17)18-14-8-3-9-15-18;18-15-13-3-1-2-4-14(13)16(19)17(15)9-12-8-10-5-6-11(12)7-10;1-10(2)14(17)19-6-5-16-15(18)20-9-13-8-11-3-4-12(13)7-11;1-7-5-3-2-4-6-7;;;/h5-12,22-27H,1-3,13-20H2,4H3,(H,34,39);3-8,12-14H,1-2,9-11H2;2*16-18H,1-15H2;1-6,10-12H,7-9H2;3-4,11-13H,1,5-9H2,2H3,(H,16,18);1-6H;2*1H;/q;;;;;;;;;+2/b12-11-;;;;;;;;;. The summed E-state index contributed by atoms with van der Waals surface area (Å²) in [4.78, 5) is 126. The number of allylic oxidation sites excluding steroid dienone is 10. The van der Waals surface area contributed by atoms with E-state index < -0.39 is 37.6 Å². The molecule has 808 valence electrons. The van der Waals surface area contributed by atoms with Gasteiger partial charge in [0, 0.05) is 58.5 Å². The van der Waals surface area contributed by atoms with Gasteiger partial charge in [-0.3, -0.25) is 43.5 Å². The van der Waals surface area contributed by atoms with Crippen molar-refractivity contribution in [3.05, 3.63) is 253 Å². The summed E-state index contributed by atoms with van der Waals surface area (Å²) in [5.41, 5.74) is 12.3. The molecule has 4 bridgehead atoms. The number of imide groups is 3. The maximum absolute atomic E-state index is 13.0. The van der Waals surface area contributed by atoms with Crippen molar-refractivity contribution in [3.8, 4) is 0 Å². The number of carbonyl (C=O) groups excluding carboxylic acids is 10. The summed E-state index contributed by atoms with van der Waals surface area (Å²) in [6.45, 7) is 28.6. The van der Waals surface area contributed by atoms with Crippen LogP contribution >= 0.6 is 35.2 Å². The Balaban J connectivity index is 0.000000142. The van der Waals surface area contributed by atoms with Gasteiger partial charge < -0.3 is 29.6 Å². The topological polar surface area (TPSA) is 241 Å². The van der Waals surface area contributed by atoms with Gasteiger partial charge in [0.15, 0.2) is 0 Å². The van der Waals surface area contributed by atoms with Crippen molar-refractivity contribution in [2.45, 2.75) is 305 Å². The molecule has 3 heterocycles. The van der Waals surface area contributed by atoms with Crippen LogP contribution in [0.2, 0.25) is 0 Å². The fourth-order valence-electron chi connectivity index (χ4n) is 27.5. The van der Waals surface area contributed by atoms with Crippen LogP contribution in [0.5, 0.6) is 0 Å². The number of fused-ring (bicyclic) bond motifs is 7. The Morgan fingerprint density at radius 3 is 0.966 bits per heavy atom. The fraction of sp³-hybridized carbons (Fsp3) is 0.576. The van der Waals surface area contributed by atoms with Gasteiger partial charge in [-0.05, 0) is 345 Å². The summed E-state index contributed by atoms with van der Waals surface area (Å²) >= 11 is -1.61. The van der Waals surface area contributed by atoms with Crippen molar-refractivity contribution in [1.82, 2.24) is 25.3 Å². The molecule has 13 aliphatic carbocycles. The van der Waals surface area contributed by atoms with Crippen LogP contribution in [-0.2, 0) is 42.1 Å². The molecule has 4 aromatic rings. The van der Waals surface area contributed by atoms with Crippen LogP contribution in [0.15, 0.2) is 215 Å². The third-order valence-corrected chi connectivity index (χ3v) is 46.2. The molecule has 20 rings (SSSR count). The number of rotatable bonds is 31. The molecule has 11 saturated carbocycles. The molecule has 2 N–H and O–H groups in total. The van der Waals surface area contributed by atoms with E-state index in [0.717, 1.165) is 56.9 Å². The molecular formula is C125H169Cl2N5O14P2Ru+2. The van der Waals surface area contributed by atoms with Crippen molar-refractivity contribution in [2.24, 2.45) is 88.8 Å². The Labute approximate surface area is 904 Å². The number of alkyl carbamates (subject to hydrolysis) is 2. The van der Waals surface area contributed by atoms with Gasteiger partial charge in [0.05, 0.1) is 93.6 Å². The van der Waals surface area contributed by atoms with Crippen LogP contribution < -0.4 is 10.6 Å². The van der Waals surface area contributed by atoms with E-state index in [4.69, 9.17) is 38.3 Å². The molecule has 24 heteroatoms. The molecule has 11 fully saturated rings. The third kappa shape index (κ3) is 32.8. The Morgan fingerprint density at radius 1 is 0.349 bits per heavy atom. The summed E-state index contributed by atoms with van der Waals surface area (Å²) in [7, 11) is 11.2. The summed E-state index contributed by atoms with van der Waals surface area (Å²) in [5, 5.41) is 5.15. The number of carbonyl (C=O) groups is 10. The Bertz CT molecular complexity index is 5100. The molecule has 0 radical (unpaired) electrons. The average Bonchev–Trinajstić information content (AvgIpc) is 1.62. The molecule has 16 aliphatic rings. The van der Waals surface area contributed by atoms with Gasteiger partial charge in [-0.15, -0.1) is 26.3 Å². The second-order valence-electron chi connectivity index (χ2n) is 45.3. The van der Waals surface area contributed by atoms with E-state index in [9.17, 15) is 47.9 Å². The molecular weight excluding hydrogens is 2030 g/mol. The molecule has 15 unspecified atom stereocenters. The number of amides is 8. The number of hydrogen-bond donors (Lipinski definition) is 2. The van der Waals surface area contributed by atoms with E-state index in [1.807, 2.05) is 71.4 Å². The first kappa shape index (κ1) is 116. The zero-order valence-corrected chi connectivity index (χ0v) is 94.1. The number of nitrogens with zero attached hydrogens (tertiary/aromatic N) is 3. The molecule has 0 spiro atoms. The normalized spacial score (nSPS) is 27.0. The first-order valence-electron chi connectivity index (χ1n) is 56.8. The van der Waals surface area contributed by atoms with Crippen molar-refractivity contribution >= 4 is 99.4 Å². The van der Waals surface area contributed by atoms with Crippen molar-refractivity contribution in [1.29, 1.82) is 0 Å². The Kier molecular flexibility index (Phi) is 46.0. The van der Waals surface area contributed by atoms with E-state index in [0.29, 0.717) is 130 Å². The van der Waals surface area contributed by atoms with Crippen LogP contribution in [0.25, 0.3) is 0 Å². The predicted molar refractivity (Wildman–Crippen MR) is 604 cm³/mol. The second kappa shape index (κ2) is 59.2. The summed E-state index contributed by atoms with van der Waals surface area (Å²) in [5.74, 6) is 4.02. The van der Waals surface area contributed by atoms with Gasteiger partial charge in [0.1, 0.15) is 13.2 Å². The van der Waals surface area contributed by atoms with E-state index in [1.165, 1.54) is 61.5 Å². The Morgan fingerprint density at radius 2 is 0.651 bits per heavy atom. The van der Waals surface area contributed by atoms with Gasteiger partial charge in [-0.2, -0.15) is 0 Å². The quantitative estimate of drug-likeness (QED) is 0.00696. The molecule has 8 amide bonds. The summed E-state index contributed by atoms with van der Waals surface area (Å²) in [6.07, 6.45) is 78.2. The Hall–Kier alpha value is -8.63. The number of halogens is 2. The van der Waals surface area contributed by atoms with E-state index in [2.05, 4.69) is 86.6 Å². The van der Waals surface area contributed by atoms with Crippen LogP contribution in [0.3, 0.4) is 0 Å². The SMILES string of the molecule is C1CCC([PH+](C2CCCCC2)C2CCCCC2)CC1.C1CCC([PH+](C2CCCCC2)C2CCCCC2)CC1.C=C(C)C(=O)OCCNC(=O)OCC1CC2C=CC1C2.C=CC1CC(/C=C\C2CC(C=C)C(COC(=O)NCCOC(=O)C(=C)C)C2)C(CN2C(=O)c3ccccc3C2=O)C1.C=CC1CC(C=C)C(CN2C(=O)c3ccccc3C2=O)C1.O=C1c2ccccc2C(=O)N1CC1CC2C=CC1C2.[Cl][Ru]([Cl])=[CH]c1ccccc1. The molecule has 19 nitrogen and oxygen atoms in total. The molecule has 149 heavy (non-hydrogen) atoms. The number of hydrogen-bond acceptors (Lipinski definition) is 14. The summed E-state index contributed by atoms with van der Waals surface area (Å²) in [6, 6.07) is 31.1. The van der Waals surface area contributed by atoms with Gasteiger partial charge in [0.2, 0.25) is 0 Å². The van der Waals surface area contributed by atoms with Crippen LogP contribution in [-0.4, -0.2) is 172 Å². The number of ether oxygens (including phenoxy) is 4. The van der Waals surface area contributed by atoms with Crippen LogP contribution in [0.4, 0.5) is 9.59 Å². The predicted octanol–water partition coefficient (Wildman–Crippen LogP) is 28.3. The van der Waals surface area contributed by atoms with Crippen molar-refractivity contribution < 1.29 is 80.4 Å². The molecule has 15 atom stereocenters. The van der Waals surface area contributed by atoms with Gasteiger partial charge in [-0.25, -0.2) is 19.2 Å². The van der Waals surface area contributed by atoms with Crippen molar-refractivity contribution in [2.75, 3.05) is 59.2 Å². The first-order chi connectivity index (χ1) is 72.3. The summed E-state index contributed by atoms with van der Waals surface area (Å²) < 4.78 is 22.4. The molecule has 0 saturated heterocycles. The average molecular weight is 2200 g/mol. The number of nitrogens with one attached hydrogen (secondary N) is 2. The zero-order valence-electron chi connectivity index (χ0n) is 88.8. The minimum atomic E-state index is -1.61. The maximum atomic E-state index is 13.0. The van der Waals surface area contributed by atoms with E-state index in [1.54, 1.807) is 267 Å². The van der Waals surface area contributed by atoms with Gasteiger partial charge in [0.25, 0.3) is 35.4 Å². The van der Waals surface area contributed by atoms with E-state index in [-0.39, 0.29) is 114 Å². The number of esters is 2. The van der Waals surface area contributed by atoms with Crippen LogP contribution in [0.1, 0.15) is 338 Å². The fourth-order valence-corrected chi connectivity index (χ4v) is 39.8. The van der Waals surface area contributed by atoms with Crippen LogP contribution in [0, 0.1) is 88.8 Å². The van der Waals surface area contributed by atoms with E-state index >= 15 is 0 Å². The molecule has 0 aromatic heterocycles. The number of benzene rings is 4. The molecule has 4 aromatic carbocycles.